The Morgan fingerprint density at radius 2 is 1.83 bits per heavy atom. The second kappa shape index (κ2) is 7.06. The molecule has 0 aliphatic carbocycles. The number of carbonyl (C=O) groups is 1. The topological polar surface area (TPSA) is 87.3 Å². The summed E-state index contributed by atoms with van der Waals surface area (Å²) in [4.78, 5) is 11.3. The highest BCUT2D eigenvalue weighted by molar-refractivity contribution is 7.88. The average Bonchev–Trinajstić information content (AvgIpc) is 2.07. The van der Waals surface area contributed by atoms with Gasteiger partial charge in [0, 0.05) is 31.1 Å². The minimum absolute atomic E-state index is 0.00798. The molecule has 108 valence electrons. The van der Waals surface area contributed by atoms with E-state index in [0.717, 1.165) is 6.26 Å². The van der Waals surface area contributed by atoms with Gasteiger partial charge in [0.25, 0.3) is 0 Å². The van der Waals surface area contributed by atoms with Crippen LogP contribution in [0.15, 0.2) is 0 Å². The van der Waals surface area contributed by atoms with Crippen molar-refractivity contribution in [1.29, 1.82) is 0 Å². The maximum absolute atomic E-state index is 11.3. The van der Waals surface area contributed by atoms with Crippen LogP contribution >= 0.6 is 0 Å². The maximum atomic E-state index is 11.3. The first kappa shape index (κ1) is 17.3. The molecular weight excluding hydrogens is 254 g/mol. The fourth-order valence-corrected chi connectivity index (χ4v) is 2.61. The molecule has 7 heteroatoms. The Bertz CT molecular complexity index is 364. The minimum Gasteiger partial charge on any atom is -0.354 e. The monoisotopic (exact) mass is 279 g/mol. The molecule has 0 heterocycles. The third kappa shape index (κ3) is 10.5. The van der Waals surface area contributed by atoms with Crippen molar-refractivity contribution in [2.24, 2.45) is 0 Å². The molecule has 0 aromatic carbocycles. The van der Waals surface area contributed by atoms with E-state index in [4.69, 9.17) is 0 Å². The zero-order valence-corrected chi connectivity index (χ0v) is 12.6. The molecule has 1 amide bonds. The van der Waals surface area contributed by atoms with Crippen molar-refractivity contribution in [2.75, 3.05) is 19.3 Å². The second-order valence-electron chi connectivity index (χ2n) is 5.41. The van der Waals surface area contributed by atoms with E-state index in [1.807, 2.05) is 13.8 Å². The van der Waals surface area contributed by atoms with Gasteiger partial charge in [0.2, 0.25) is 15.9 Å². The lowest BCUT2D eigenvalue weighted by Crippen LogP contribution is -2.50. The van der Waals surface area contributed by atoms with Crippen LogP contribution in [-0.2, 0) is 14.8 Å². The lowest BCUT2D eigenvalue weighted by atomic mass is 10.1. The predicted molar refractivity (Wildman–Crippen MR) is 72.8 cm³/mol. The van der Waals surface area contributed by atoms with Gasteiger partial charge in [-0.15, -0.1) is 0 Å². The van der Waals surface area contributed by atoms with Gasteiger partial charge in [-0.3, -0.25) is 4.79 Å². The maximum Gasteiger partial charge on any atom is 0.221 e. The molecule has 6 nitrogen and oxygen atoms in total. The summed E-state index contributed by atoms with van der Waals surface area (Å²) >= 11 is 0. The molecule has 0 aliphatic rings. The Labute approximate surface area is 110 Å². The summed E-state index contributed by atoms with van der Waals surface area (Å²) in [6.07, 6.45) is 1.51. The Morgan fingerprint density at radius 1 is 1.28 bits per heavy atom. The van der Waals surface area contributed by atoms with Crippen LogP contribution in [-0.4, -0.2) is 45.3 Å². The second-order valence-corrected chi connectivity index (χ2v) is 7.16. The third-order valence-corrected chi connectivity index (χ3v) is 2.93. The third-order valence-electron chi connectivity index (χ3n) is 2.01. The lowest BCUT2D eigenvalue weighted by Gasteiger charge is -2.25. The molecule has 18 heavy (non-hydrogen) atoms. The van der Waals surface area contributed by atoms with E-state index in [1.54, 1.807) is 13.8 Å². The van der Waals surface area contributed by atoms with Crippen molar-refractivity contribution in [2.45, 2.75) is 45.7 Å². The highest BCUT2D eigenvalue weighted by atomic mass is 32.2. The van der Waals surface area contributed by atoms with Crippen LogP contribution in [0.1, 0.15) is 34.1 Å². The summed E-state index contributed by atoms with van der Waals surface area (Å²) in [5.74, 6) is -0.00798. The van der Waals surface area contributed by atoms with E-state index in [9.17, 15) is 13.2 Å². The number of hydrogen-bond donors (Lipinski definition) is 3. The largest absolute Gasteiger partial charge is 0.354 e. The molecule has 0 radical (unpaired) electrons. The van der Waals surface area contributed by atoms with Gasteiger partial charge >= 0.3 is 0 Å². The number of amides is 1. The highest BCUT2D eigenvalue weighted by Crippen LogP contribution is 2.01. The van der Waals surface area contributed by atoms with E-state index in [0.29, 0.717) is 19.5 Å². The lowest BCUT2D eigenvalue weighted by molar-refractivity contribution is -0.121. The van der Waals surface area contributed by atoms with Crippen molar-refractivity contribution in [3.05, 3.63) is 0 Å². The molecular formula is C11H25N3O3S. The van der Waals surface area contributed by atoms with E-state index in [-0.39, 0.29) is 11.9 Å². The van der Waals surface area contributed by atoms with E-state index in [2.05, 4.69) is 15.4 Å². The molecule has 0 aromatic rings. The van der Waals surface area contributed by atoms with Crippen molar-refractivity contribution >= 4 is 15.9 Å². The predicted octanol–water partition coefficient (Wildman–Crippen LogP) is -0.181. The Kier molecular flexibility index (Phi) is 6.80. The SMILES string of the molecule is CC(C)NC(=O)CCNCC(C)(C)NS(C)(=O)=O. The molecule has 0 saturated carbocycles. The summed E-state index contributed by atoms with van der Waals surface area (Å²) in [6.45, 7) is 8.38. The zero-order valence-electron chi connectivity index (χ0n) is 11.8. The summed E-state index contributed by atoms with van der Waals surface area (Å²) in [6, 6.07) is 0.140. The summed E-state index contributed by atoms with van der Waals surface area (Å²) in [5.41, 5.74) is -0.567. The fourth-order valence-electron chi connectivity index (χ4n) is 1.53. The number of rotatable bonds is 8. The van der Waals surface area contributed by atoms with Gasteiger partial charge in [-0.2, -0.15) is 0 Å². The summed E-state index contributed by atoms with van der Waals surface area (Å²) in [5, 5.41) is 5.85. The molecule has 0 rings (SSSR count). The summed E-state index contributed by atoms with van der Waals surface area (Å²) in [7, 11) is -3.22. The number of nitrogens with one attached hydrogen (secondary N) is 3. The first-order valence-electron chi connectivity index (χ1n) is 6.01. The molecule has 0 aromatic heterocycles. The molecule has 0 aliphatic heterocycles. The van der Waals surface area contributed by atoms with Crippen LogP contribution in [0.2, 0.25) is 0 Å². The van der Waals surface area contributed by atoms with Gasteiger partial charge < -0.3 is 10.6 Å². The van der Waals surface area contributed by atoms with Crippen LogP contribution in [0.25, 0.3) is 0 Å². The molecule has 0 fully saturated rings. The Hall–Kier alpha value is -0.660. The van der Waals surface area contributed by atoms with Crippen molar-refractivity contribution in [1.82, 2.24) is 15.4 Å². The van der Waals surface area contributed by atoms with Crippen LogP contribution < -0.4 is 15.4 Å². The van der Waals surface area contributed by atoms with Crippen LogP contribution in [0, 0.1) is 0 Å². The number of hydrogen-bond acceptors (Lipinski definition) is 4. The van der Waals surface area contributed by atoms with Gasteiger partial charge in [0.05, 0.1) is 6.26 Å². The Balaban J connectivity index is 3.87. The molecule has 0 bridgehead atoms. The first-order chi connectivity index (χ1) is 8.02. The Morgan fingerprint density at radius 3 is 2.28 bits per heavy atom. The molecule has 3 N–H and O–H groups in total. The molecule has 0 saturated heterocycles. The minimum atomic E-state index is -3.22. The summed E-state index contributed by atoms with van der Waals surface area (Å²) < 4.78 is 24.7. The normalized spacial score (nSPS) is 12.8. The number of sulfonamides is 1. The van der Waals surface area contributed by atoms with Gasteiger partial charge in [-0.05, 0) is 27.7 Å². The zero-order chi connectivity index (χ0) is 14.4. The van der Waals surface area contributed by atoms with Gasteiger partial charge in [-0.1, -0.05) is 0 Å². The standard InChI is InChI=1S/C11H25N3O3S/c1-9(2)13-10(15)6-7-12-8-11(3,4)14-18(5,16)17/h9,12,14H,6-8H2,1-5H3,(H,13,15). The van der Waals surface area contributed by atoms with E-state index in [1.165, 1.54) is 0 Å². The fraction of sp³-hybridized carbons (Fsp3) is 0.909. The van der Waals surface area contributed by atoms with Gasteiger partial charge in [-0.25, -0.2) is 13.1 Å². The quantitative estimate of drug-likeness (QED) is 0.538. The van der Waals surface area contributed by atoms with Crippen LogP contribution in [0.5, 0.6) is 0 Å². The molecule has 0 spiro atoms. The molecule has 0 unspecified atom stereocenters. The molecule has 0 atom stereocenters. The van der Waals surface area contributed by atoms with Crippen molar-refractivity contribution < 1.29 is 13.2 Å². The van der Waals surface area contributed by atoms with E-state index >= 15 is 0 Å². The van der Waals surface area contributed by atoms with Crippen molar-refractivity contribution in [3.8, 4) is 0 Å². The van der Waals surface area contributed by atoms with Crippen molar-refractivity contribution in [3.63, 3.8) is 0 Å². The number of carbonyl (C=O) groups excluding carboxylic acids is 1. The smallest absolute Gasteiger partial charge is 0.221 e. The van der Waals surface area contributed by atoms with Crippen LogP contribution in [0.3, 0.4) is 0 Å². The highest BCUT2D eigenvalue weighted by Gasteiger charge is 2.21. The average molecular weight is 279 g/mol. The van der Waals surface area contributed by atoms with Gasteiger partial charge in [0.15, 0.2) is 0 Å². The first-order valence-corrected chi connectivity index (χ1v) is 7.90. The van der Waals surface area contributed by atoms with E-state index < -0.39 is 15.6 Å². The van der Waals surface area contributed by atoms with Gasteiger partial charge in [0.1, 0.15) is 0 Å². The van der Waals surface area contributed by atoms with Crippen LogP contribution in [0.4, 0.5) is 0 Å².